The van der Waals surface area contributed by atoms with Crippen LogP contribution in [0.15, 0.2) is 12.7 Å². The summed E-state index contributed by atoms with van der Waals surface area (Å²) in [6.45, 7) is 5.85. The summed E-state index contributed by atoms with van der Waals surface area (Å²) in [5, 5.41) is 9.39. The van der Waals surface area contributed by atoms with E-state index in [4.69, 9.17) is 0 Å². The van der Waals surface area contributed by atoms with Crippen LogP contribution in [0.25, 0.3) is 0 Å². The number of carbonyl (C=O) groups is 1. The molecule has 0 aliphatic carbocycles. The molecule has 0 aromatic heterocycles. The van der Waals surface area contributed by atoms with Crippen LogP contribution >= 0.6 is 0 Å². The van der Waals surface area contributed by atoms with Gasteiger partial charge in [-0.25, -0.2) is 12.7 Å². The third-order valence-corrected chi connectivity index (χ3v) is 5.20. The molecule has 1 saturated heterocycles. The number of nitrogens with zero attached hydrogens (tertiary/aromatic N) is 1. The van der Waals surface area contributed by atoms with Gasteiger partial charge in [0, 0.05) is 13.1 Å². The first-order valence-electron chi connectivity index (χ1n) is 6.20. The smallest absolute Gasteiger partial charge is 0.310 e. The molecule has 1 aliphatic heterocycles. The SMILES string of the molecule is C=CCS(=O)(=O)N1CCCC(CCC)(C(=O)O)C1. The van der Waals surface area contributed by atoms with Gasteiger partial charge in [-0.1, -0.05) is 19.4 Å². The van der Waals surface area contributed by atoms with Crippen LogP contribution in [0.3, 0.4) is 0 Å². The van der Waals surface area contributed by atoms with Crippen LogP contribution in [-0.4, -0.2) is 42.6 Å². The largest absolute Gasteiger partial charge is 0.481 e. The average molecular weight is 275 g/mol. The fourth-order valence-electron chi connectivity index (χ4n) is 2.55. The highest BCUT2D eigenvalue weighted by atomic mass is 32.2. The molecule has 1 atom stereocenters. The number of piperidine rings is 1. The van der Waals surface area contributed by atoms with Gasteiger partial charge in [0.2, 0.25) is 10.0 Å². The maximum absolute atomic E-state index is 12.0. The van der Waals surface area contributed by atoms with Gasteiger partial charge in [0.25, 0.3) is 0 Å². The van der Waals surface area contributed by atoms with Crippen LogP contribution in [0.5, 0.6) is 0 Å². The summed E-state index contributed by atoms with van der Waals surface area (Å²) in [5.41, 5.74) is -0.915. The van der Waals surface area contributed by atoms with Crippen molar-refractivity contribution in [1.29, 1.82) is 0 Å². The van der Waals surface area contributed by atoms with E-state index in [1.165, 1.54) is 10.4 Å². The number of hydrogen-bond donors (Lipinski definition) is 1. The number of sulfonamides is 1. The van der Waals surface area contributed by atoms with Crippen molar-refractivity contribution >= 4 is 16.0 Å². The minimum absolute atomic E-state index is 0.0896. The predicted molar refractivity (Wildman–Crippen MR) is 69.8 cm³/mol. The van der Waals surface area contributed by atoms with Gasteiger partial charge in [-0.15, -0.1) is 6.58 Å². The standard InChI is InChI=1S/C12H21NO4S/c1-3-6-12(11(14)15)7-5-8-13(10-12)18(16,17)9-4-2/h4H,2-3,5-10H2,1H3,(H,14,15). The fourth-order valence-corrected chi connectivity index (χ4v) is 3.91. The van der Waals surface area contributed by atoms with Crippen molar-refractivity contribution < 1.29 is 18.3 Å². The summed E-state index contributed by atoms with van der Waals surface area (Å²) in [4.78, 5) is 11.5. The summed E-state index contributed by atoms with van der Waals surface area (Å²) in [6, 6.07) is 0. The number of rotatable bonds is 6. The molecule has 0 bridgehead atoms. The normalized spacial score (nSPS) is 25.8. The van der Waals surface area contributed by atoms with Crippen molar-refractivity contribution in [3.05, 3.63) is 12.7 Å². The molecule has 0 spiro atoms. The lowest BCUT2D eigenvalue weighted by Gasteiger charge is -2.39. The Morgan fingerprint density at radius 2 is 2.22 bits per heavy atom. The minimum Gasteiger partial charge on any atom is -0.481 e. The number of aliphatic carboxylic acids is 1. The second-order valence-corrected chi connectivity index (χ2v) is 6.85. The first-order chi connectivity index (χ1) is 8.38. The zero-order valence-corrected chi connectivity index (χ0v) is 11.6. The molecule has 5 nitrogen and oxygen atoms in total. The Balaban J connectivity index is 2.94. The highest BCUT2D eigenvalue weighted by Gasteiger charge is 2.44. The Labute approximate surface area is 109 Å². The number of carboxylic acids is 1. The molecule has 0 aromatic carbocycles. The lowest BCUT2D eigenvalue weighted by Crippen LogP contribution is -2.50. The second-order valence-electron chi connectivity index (χ2n) is 4.84. The maximum Gasteiger partial charge on any atom is 0.310 e. The quantitative estimate of drug-likeness (QED) is 0.745. The molecule has 104 valence electrons. The lowest BCUT2D eigenvalue weighted by atomic mass is 9.77. The Morgan fingerprint density at radius 3 is 2.72 bits per heavy atom. The molecule has 1 aliphatic rings. The molecule has 1 unspecified atom stereocenters. The van der Waals surface area contributed by atoms with Gasteiger partial charge in [-0.3, -0.25) is 4.79 Å². The van der Waals surface area contributed by atoms with E-state index >= 15 is 0 Å². The minimum atomic E-state index is -3.40. The summed E-state index contributed by atoms with van der Waals surface area (Å²) in [6.07, 6.45) is 3.75. The molecule has 6 heteroatoms. The zero-order valence-electron chi connectivity index (χ0n) is 10.8. The highest BCUT2D eigenvalue weighted by Crippen LogP contribution is 2.36. The molecule has 0 saturated carbocycles. The first-order valence-corrected chi connectivity index (χ1v) is 7.81. The van der Waals surface area contributed by atoms with Crippen molar-refractivity contribution in [1.82, 2.24) is 4.31 Å². The van der Waals surface area contributed by atoms with Gasteiger partial charge < -0.3 is 5.11 Å². The van der Waals surface area contributed by atoms with Gasteiger partial charge in [-0.2, -0.15) is 0 Å². The summed E-state index contributed by atoms with van der Waals surface area (Å²) >= 11 is 0. The molecule has 1 fully saturated rings. The third kappa shape index (κ3) is 3.11. The molecule has 0 amide bonds. The number of hydrogen-bond acceptors (Lipinski definition) is 3. The Hall–Kier alpha value is -0.880. The van der Waals surface area contributed by atoms with E-state index in [9.17, 15) is 18.3 Å². The Morgan fingerprint density at radius 1 is 1.56 bits per heavy atom. The van der Waals surface area contributed by atoms with Crippen LogP contribution < -0.4 is 0 Å². The van der Waals surface area contributed by atoms with Gasteiger partial charge in [-0.05, 0) is 19.3 Å². The van der Waals surface area contributed by atoms with Crippen LogP contribution in [-0.2, 0) is 14.8 Å². The first kappa shape index (κ1) is 15.2. The van der Waals surface area contributed by atoms with Crippen LogP contribution in [0, 0.1) is 5.41 Å². The Bertz CT molecular complexity index is 414. The van der Waals surface area contributed by atoms with Crippen molar-refractivity contribution in [2.75, 3.05) is 18.8 Å². The zero-order chi connectivity index (χ0) is 13.8. The summed E-state index contributed by atoms with van der Waals surface area (Å²) in [7, 11) is -3.40. The van der Waals surface area contributed by atoms with Crippen molar-refractivity contribution in [2.45, 2.75) is 32.6 Å². The average Bonchev–Trinajstić information content (AvgIpc) is 2.29. The van der Waals surface area contributed by atoms with Crippen molar-refractivity contribution in [3.8, 4) is 0 Å². The molecule has 0 radical (unpaired) electrons. The van der Waals surface area contributed by atoms with E-state index in [-0.39, 0.29) is 12.3 Å². The molecular weight excluding hydrogens is 254 g/mol. The predicted octanol–water partition coefficient (Wildman–Crippen LogP) is 1.47. The topological polar surface area (TPSA) is 74.7 Å². The second kappa shape index (κ2) is 5.84. The monoisotopic (exact) mass is 275 g/mol. The van der Waals surface area contributed by atoms with E-state index in [0.717, 1.165) is 6.42 Å². The van der Waals surface area contributed by atoms with E-state index < -0.39 is 21.4 Å². The van der Waals surface area contributed by atoms with Gasteiger partial charge in [0.1, 0.15) is 0 Å². The van der Waals surface area contributed by atoms with Crippen molar-refractivity contribution in [2.24, 2.45) is 5.41 Å². The lowest BCUT2D eigenvalue weighted by molar-refractivity contribution is -0.151. The summed E-state index contributed by atoms with van der Waals surface area (Å²) in [5.74, 6) is -1.02. The van der Waals surface area contributed by atoms with E-state index in [2.05, 4.69) is 6.58 Å². The van der Waals surface area contributed by atoms with E-state index in [1.807, 2.05) is 6.92 Å². The van der Waals surface area contributed by atoms with Gasteiger partial charge >= 0.3 is 5.97 Å². The van der Waals surface area contributed by atoms with Crippen LogP contribution in [0.1, 0.15) is 32.6 Å². The molecule has 1 N–H and O–H groups in total. The Kier molecular flexibility index (Phi) is 4.92. The number of carboxylic acid groups (broad SMARTS) is 1. The van der Waals surface area contributed by atoms with Crippen LogP contribution in [0.4, 0.5) is 0 Å². The molecule has 1 rings (SSSR count). The molecular formula is C12H21NO4S. The van der Waals surface area contributed by atoms with Gasteiger partial charge in [0.15, 0.2) is 0 Å². The fraction of sp³-hybridized carbons (Fsp3) is 0.750. The van der Waals surface area contributed by atoms with E-state index in [0.29, 0.717) is 25.8 Å². The maximum atomic E-state index is 12.0. The molecule has 18 heavy (non-hydrogen) atoms. The highest BCUT2D eigenvalue weighted by molar-refractivity contribution is 7.89. The third-order valence-electron chi connectivity index (χ3n) is 3.45. The van der Waals surface area contributed by atoms with E-state index in [1.54, 1.807) is 0 Å². The summed E-state index contributed by atoms with van der Waals surface area (Å²) < 4.78 is 25.2. The van der Waals surface area contributed by atoms with Crippen LogP contribution in [0.2, 0.25) is 0 Å². The van der Waals surface area contributed by atoms with Crippen molar-refractivity contribution in [3.63, 3.8) is 0 Å². The van der Waals surface area contributed by atoms with Gasteiger partial charge in [0.05, 0.1) is 11.2 Å². The molecule has 1 heterocycles. The molecule has 0 aromatic rings.